The first-order valence-corrected chi connectivity index (χ1v) is 4.59. The van der Waals surface area contributed by atoms with Crippen molar-refractivity contribution in [3.05, 3.63) is 29.3 Å². The van der Waals surface area contributed by atoms with Crippen molar-refractivity contribution in [1.82, 2.24) is 0 Å². The van der Waals surface area contributed by atoms with Crippen LogP contribution in [0.25, 0.3) is 0 Å². The number of aromatic carboxylic acids is 2. The van der Waals surface area contributed by atoms with Gasteiger partial charge in [-0.2, -0.15) is 0 Å². The van der Waals surface area contributed by atoms with E-state index >= 15 is 0 Å². The molecule has 68 valence electrons. The molecule has 0 aliphatic carbocycles. The van der Waals surface area contributed by atoms with Crippen LogP contribution in [0.5, 0.6) is 0 Å². The molecular formula is C8H7AsO4. The Morgan fingerprint density at radius 3 is 2.23 bits per heavy atom. The van der Waals surface area contributed by atoms with Gasteiger partial charge >= 0.3 is 82.3 Å². The monoisotopic (exact) mass is 242 g/mol. The predicted molar refractivity (Wildman–Crippen MR) is 48.5 cm³/mol. The Morgan fingerprint density at radius 2 is 1.77 bits per heavy atom. The molecule has 0 saturated heterocycles. The van der Waals surface area contributed by atoms with E-state index in [-0.39, 0.29) is 11.1 Å². The van der Waals surface area contributed by atoms with E-state index in [2.05, 4.69) is 0 Å². The molecule has 13 heavy (non-hydrogen) atoms. The Balaban J connectivity index is 3.27. The van der Waals surface area contributed by atoms with Gasteiger partial charge in [0.15, 0.2) is 0 Å². The molecule has 0 aromatic heterocycles. The quantitative estimate of drug-likeness (QED) is 0.675. The van der Waals surface area contributed by atoms with Crippen molar-refractivity contribution in [3.8, 4) is 0 Å². The second-order valence-electron chi connectivity index (χ2n) is 2.41. The number of hydrogen-bond donors (Lipinski definition) is 2. The predicted octanol–water partition coefficient (Wildman–Crippen LogP) is -0.659. The van der Waals surface area contributed by atoms with E-state index in [1.165, 1.54) is 18.2 Å². The zero-order valence-corrected chi connectivity index (χ0v) is 8.94. The molecule has 0 saturated carbocycles. The van der Waals surface area contributed by atoms with Gasteiger partial charge in [-0.25, -0.2) is 0 Å². The van der Waals surface area contributed by atoms with Crippen molar-refractivity contribution in [2.24, 2.45) is 0 Å². The van der Waals surface area contributed by atoms with Gasteiger partial charge in [-0.1, -0.05) is 0 Å². The first kappa shape index (κ1) is 9.80. The molecule has 1 aromatic carbocycles. The van der Waals surface area contributed by atoms with Gasteiger partial charge in [0.05, 0.1) is 0 Å². The topological polar surface area (TPSA) is 74.6 Å². The summed E-state index contributed by atoms with van der Waals surface area (Å²) in [6.07, 6.45) is 0. The maximum atomic E-state index is 10.6. The summed E-state index contributed by atoms with van der Waals surface area (Å²) in [5.41, 5.74) is 0.0544. The standard InChI is InChI=1S/C8H7AsO4/c9-6-2-1-4(7(10)11)3-5(6)8(12)13/h1-3H,9H2,(H,10,11)(H,12,13). The summed E-state index contributed by atoms with van der Waals surface area (Å²) in [6, 6.07) is 4.07. The van der Waals surface area contributed by atoms with Gasteiger partial charge in [-0.15, -0.1) is 0 Å². The first-order valence-electron chi connectivity index (χ1n) is 3.38. The van der Waals surface area contributed by atoms with Gasteiger partial charge in [0.2, 0.25) is 0 Å². The van der Waals surface area contributed by atoms with Crippen LogP contribution in [0, 0.1) is 0 Å². The normalized spacial score (nSPS) is 9.62. The molecule has 1 atom stereocenters. The molecule has 2 N–H and O–H groups in total. The third-order valence-corrected chi connectivity index (χ3v) is 2.59. The van der Waals surface area contributed by atoms with E-state index in [1.807, 2.05) is 0 Å². The summed E-state index contributed by atoms with van der Waals surface area (Å²) < 4.78 is 0.616. The van der Waals surface area contributed by atoms with E-state index in [0.29, 0.717) is 4.35 Å². The molecule has 0 aliphatic heterocycles. The molecule has 1 rings (SSSR count). The summed E-state index contributed by atoms with van der Waals surface area (Å²) in [5.74, 6) is -2.21. The van der Waals surface area contributed by atoms with Crippen LogP contribution in [0.4, 0.5) is 0 Å². The second kappa shape index (κ2) is 3.62. The molecule has 1 aromatic rings. The Labute approximate surface area is 82.7 Å². The van der Waals surface area contributed by atoms with Crippen molar-refractivity contribution in [1.29, 1.82) is 0 Å². The number of rotatable bonds is 2. The first-order chi connectivity index (χ1) is 6.02. The van der Waals surface area contributed by atoms with Crippen molar-refractivity contribution in [2.75, 3.05) is 0 Å². The molecule has 0 bridgehead atoms. The summed E-state index contributed by atoms with van der Waals surface area (Å²) in [4.78, 5) is 21.1. The van der Waals surface area contributed by atoms with E-state index in [4.69, 9.17) is 10.2 Å². The molecular weight excluding hydrogens is 235 g/mol. The molecule has 0 heterocycles. The number of carbonyl (C=O) groups is 2. The fraction of sp³-hybridized carbons (Fsp3) is 0. The zero-order valence-electron chi connectivity index (χ0n) is 6.52. The van der Waals surface area contributed by atoms with Crippen LogP contribution in [-0.4, -0.2) is 39.0 Å². The van der Waals surface area contributed by atoms with Crippen LogP contribution >= 0.6 is 0 Å². The maximum absolute atomic E-state index is 10.6. The number of carboxylic acids is 2. The molecule has 0 radical (unpaired) electrons. The number of benzene rings is 1. The Hall–Kier alpha value is -1.28. The molecule has 0 spiro atoms. The molecule has 0 amide bonds. The van der Waals surface area contributed by atoms with Gasteiger partial charge in [0.25, 0.3) is 0 Å². The van der Waals surface area contributed by atoms with Crippen molar-refractivity contribution in [2.45, 2.75) is 0 Å². The van der Waals surface area contributed by atoms with Gasteiger partial charge in [0.1, 0.15) is 0 Å². The van der Waals surface area contributed by atoms with E-state index in [1.54, 1.807) is 0 Å². The van der Waals surface area contributed by atoms with E-state index in [0.717, 1.165) is 16.9 Å². The second-order valence-corrected chi connectivity index (χ2v) is 3.72. The van der Waals surface area contributed by atoms with Gasteiger partial charge in [-0.3, -0.25) is 0 Å². The fourth-order valence-corrected chi connectivity index (χ4v) is 1.51. The number of carboxylic acid groups (broad SMARTS) is 2. The third kappa shape index (κ3) is 2.10. The third-order valence-electron chi connectivity index (χ3n) is 1.53. The van der Waals surface area contributed by atoms with Crippen LogP contribution in [0.1, 0.15) is 20.7 Å². The molecule has 0 aliphatic rings. The van der Waals surface area contributed by atoms with Crippen LogP contribution in [0.15, 0.2) is 18.2 Å². The van der Waals surface area contributed by atoms with Crippen LogP contribution in [-0.2, 0) is 0 Å². The van der Waals surface area contributed by atoms with Gasteiger partial charge in [0, 0.05) is 0 Å². The van der Waals surface area contributed by atoms with Gasteiger partial charge in [-0.05, 0) is 0 Å². The van der Waals surface area contributed by atoms with E-state index < -0.39 is 11.9 Å². The minimum absolute atomic E-state index is 0.00111. The van der Waals surface area contributed by atoms with E-state index in [9.17, 15) is 9.59 Å². The molecule has 5 heteroatoms. The summed E-state index contributed by atoms with van der Waals surface area (Å²) >= 11 is 1.16. The average Bonchev–Trinajstić information content (AvgIpc) is 2.04. The average molecular weight is 242 g/mol. The Kier molecular flexibility index (Phi) is 2.73. The Morgan fingerprint density at radius 1 is 1.15 bits per heavy atom. The van der Waals surface area contributed by atoms with Crippen molar-refractivity contribution in [3.63, 3.8) is 0 Å². The molecule has 4 nitrogen and oxygen atoms in total. The molecule has 0 fully saturated rings. The summed E-state index contributed by atoms with van der Waals surface area (Å²) in [6.45, 7) is 0. The SMILES string of the molecule is O=C(O)c1ccc([AsH2])c(C(=O)O)c1. The van der Waals surface area contributed by atoms with Crippen LogP contribution in [0.3, 0.4) is 0 Å². The summed E-state index contributed by atoms with van der Waals surface area (Å²) in [7, 11) is 0. The van der Waals surface area contributed by atoms with Crippen molar-refractivity contribution >= 4 is 33.1 Å². The van der Waals surface area contributed by atoms with Gasteiger partial charge < -0.3 is 0 Å². The zero-order chi connectivity index (χ0) is 10.0. The Bertz CT molecular complexity index is 372. The fourth-order valence-electron chi connectivity index (χ4n) is 0.875. The summed E-state index contributed by atoms with van der Waals surface area (Å²) in [5, 5.41) is 17.3. The van der Waals surface area contributed by atoms with Crippen molar-refractivity contribution < 1.29 is 19.8 Å². The van der Waals surface area contributed by atoms with Crippen LogP contribution < -0.4 is 4.35 Å². The molecule has 1 unspecified atom stereocenters. The van der Waals surface area contributed by atoms with Crippen LogP contribution in [0.2, 0.25) is 0 Å². The number of hydrogen-bond acceptors (Lipinski definition) is 2. The minimum atomic E-state index is -1.12.